The maximum atomic E-state index is 5.52. The summed E-state index contributed by atoms with van der Waals surface area (Å²) in [5, 5.41) is 0. The highest BCUT2D eigenvalue weighted by molar-refractivity contribution is 9.10. The summed E-state index contributed by atoms with van der Waals surface area (Å²) in [6, 6.07) is 4.32. The molecule has 0 saturated carbocycles. The molecule has 15 heavy (non-hydrogen) atoms. The van der Waals surface area contributed by atoms with Gasteiger partial charge in [-0.2, -0.15) is 0 Å². The predicted octanol–water partition coefficient (Wildman–Crippen LogP) is 2.91. The van der Waals surface area contributed by atoms with Crippen LogP contribution in [0.5, 0.6) is 5.75 Å². The highest BCUT2D eigenvalue weighted by Gasteiger charge is 2.08. The summed E-state index contributed by atoms with van der Waals surface area (Å²) < 4.78 is 6.42. The van der Waals surface area contributed by atoms with E-state index in [1.165, 1.54) is 11.1 Å². The maximum Gasteiger partial charge on any atom is 0.136 e. The number of halogens is 1. The SMILES string of the molecule is CCc1cc(Br)c(OC)c(CCCN)c1. The van der Waals surface area contributed by atoms with E-state index in [1.807, 2.05) is 0 Å². The third-order valence-corrected chi connectivity index (χ3v) is 3.03. The standard InChI is InChI=1S/C12H18BrNO/c1-3-9-7-10(5-4-6-14)12(15-2)11(13)8-9/h7-8H,3-6,14H2,1-2H3. The molecule has 0 radical (unpaired) electrons. The molecular weight excluding hydrogens is 254 g/mol. The molecule has 0 heterocycles. The van der Waals surface area contributed by atoms with Crippen LogP contribution in [0.2, 0.25) is 0 Å². The molecule has 0 unspecified atom stereocenters. The number of benzene rings is 1. The summed E-state index contributed by atoms with van der Waals surface area (Å²) in [4.78, 5) is 0. The van der Waals surface area contributed by atoms with Gasteiger partial charge in [0.2, 0.25) is 0 Å². The molecular formula is C12H18BrNO. The van der Waals surface area contributed by atoms with Gasteiger partial charge in [-0.1, -0.05) is 13.0 Å². The zero-order valence-corrected chi connectivity index (χ0v) is 10.9. The Balaban J connectivity index is 3.02. The van der Waals surface area contributed by atoms with Crippen molar-refractivity contribution in [2.45, 2.75) is 26.2 Å². The molecule has 2 nitrogen and oxygen atoms in total. The van der Waals surface area contributed by atoms with Gasteiger partial charge in [0.15, 0.2) is 0 Å². The molecule has 0 aromatic heterocycles. The van der Waals surface area contributed by atoms with Gasteiger partial charge in [0.25, 0.3) is 0 Å². The molecule has 0 fully saturated rings. The van der Waals surface area contributed by atoms with Crippen molar-refractivity contribution >= 4 is 15.9 Å². The number of nitrogens with two attached hydrogens (primary N) is 1. The third-order valence-electron chi connectivity index (χ3n) is 2.44. The molecule has 3 heteroatoms. The molecule has 0 aliphatic rings. The van der Waals surface area contributed by atoms with Crippen LogP contribution in [-0.4, -0.2) is 13.7 Å². The molecule has 0 atom stereocenters. The number of aryl methyl sites for hydroxylation is 2. The Bertz CT molecular complexity index is 326. The summed E-state index contributed by atoms with van der Waals surface area (Å²) in [6.07, 6.45) is 3.01. The van der Waals surface area contributed by atoms with Crippen molar-refractivity contribution in [3.8, 4) is 5.75 Å². The first-order valence-electron chi connectivity index (χ1n) is 5.28. The molecule has 0 amide bonds. The number of ether oxygens (including phenoxy) is 1. The summed E-state index contributed by atoms with van der Waals surface area (Å²) in [5.41, 5.74) is 8.10. The number of rotatable bonds is 5. The summed E-state index contributed by atoms with van der Waals surface area (Å²) in [7, 11) is 1.71. The van der Waals surface area contributed by atoms with Gasteiger partial charge >= 0.3 is 0 Å². The van der Waals surface area contributed by atoms with Crippen molar-refractivity contribution in [1.29, 1.82) is 0 Å². The minimum atomic E-state index is 0.719. The second-order valence-corrected chi connectivity index (χ2v) is 4.37. The van der Waals surface area contributed by atoms with Gasteiger partial charge in [0.05, 0.1) is 11.6 Å². The fraction of sp³-hybridized carbons (Fsp3) is 0.500. The maximum absolute atomic E-state index is 5.52. The van der Waals surface area contributed by atoms with Gasteiger partial charge in [-0.15, -0.1) is 0 Å². The predicted molar refractivity (Wildman–Crippen MR) is 67.4 cm³/mol. The number of methoxy groups -OCH3 is 1. The van der Waals surface area contributed by atoms with Crippen molar-refractivity contribution in [2.75, 3.05) is 13.7 Å². The minimum absolute atomic E-state index is 0.719. The van der Waals surface area contributed by atoms with E-state index in [0.29, 0.717) is 0 Å². The molecule has 1 rings (SSSR count). The normalized spacial score (nSPS) is 10.4. The van der Waals surface area contributed by atoms with Gasteiger partial charge in [-0.05, 0) is 58.9 Å². The first-order chi connectivity index (χ1) is 7.22. The van der Waals surface area contributed by atoms with Crippen LogP contribution in [0.25, 0.3) is 0 Å². The second-order valence-electron chi connectivity index (χ2n) is 3.52. The van der Waals surface area contributed by atoms with Crippen LogP contribution in [0.4, 0.5) is 0 Å². The van der Waals surface area contributed by atoms with Gasteiger partial charge in [-0.3, -0.25) is 0 Å². The van der Waals surface area contributed by atoms with E-state index in [1.54, 1.807) is 7.11 Å². The molecule has 0 bridgehead atoms. The lowest BCUT2D eigenvalue weighted by Gasteiger charge is -2.12. The van der Waals surface area contributed by atoms with Crippen molar-refractivity contribution in [3.05, 3.63) is 27.7 Å². The van der Waals surface area contributed by atoms with E-state index >= 15 is 0 Å². The second kappa shape index (κ2) is 6.13. The van der Waals surface area contributed by atoms with E-state index in [-0.39, 0.29) is 0 Å². The molecule has 84 valence electrons. The van der Waals surface area contributed by atoms with Crippen LogP contribution in [0, 0.1) is 0 Å². The van der Waals surface area contributed by atoms with Gasteiger partial charge in [0.1, 0.15) is 5.75 Å². The molecule has 0 aliphatic carbocycles. The zero-order chi connectivity index (χ0) is 11.3. The van der Waals surface area contributed by atoms with Crippen LogP contribution in [0.3, 0.4) is 0 Å². The fourth-order valence-corrected chi connectivity index (χ4v) is 2.33. The lowest BCUT2D eigenvalue weighted by Crippen LogP contribution is -2.02. The Kier molecular flexibility index (Phi) is 5.12. The van der Waals surface area contributed by atoms with Gasteiger partial charge < -0.3 is 10.5 Å². The number of hydrogen-bond donors (Lipinski definition) is 1. The molecule has 1 aromatic carbocycles. The van der Waals surface area contributed by atoms with Crippen molar-refractivity contribution < 1.29 is 4.74 Å². The Morgan fingerprint density at radius 3 is 2.67 bits per heavy atom. The quantitative estimate of drug-likeness (QED) is 0.894. The van der Waals surface area contributed by atoms with Crippen molar-refractivity contribution in [2.24, 2.45) is 5.73 Å². The van der Waals surface area contributed by atoms with E-state index in [0.717, 1.165) is 36.0 Å². The van der Waals surface area contributed by atoms with E-state index < -0.39 is 0 Å². The lowest BCUT2D eigenvalue weighted by molar-refractivity contribution is 0.406. The fourth-order valence-electron chi connectivity index (χ4n) is 1.62. The monoisotopic (exact) mass is 271 g/mol. The Labute approximate surface area is 99.9 Å². The van der Waals surface area contributed by atoms with Crippen molar-refractivity contribution in [3.63, 3.8) is 0 Å². The van der Waals surface area contributed by atoms with Crippen LogP contribution in [0.15, 0.2) is 16.6 Å². The highest BCUT2D eigenvalue weighted by atomic mass is 79.9. The summed E-state index contributed by atoms with van der Waals surface area (Å²) in [5.74, 6) is 0.945. The smallest absolute Gasteiger partial charge is 0.136 e. The largest absolute Gasteiger partial charge is 0.495 e. The minimum Gasteiger partial charge on any atom is -0.495 e. The lowest BCUT2D eigenvalue weighted by atomic mass is 10.0. The zero-order valence-electron chi connectivity index (χ0n) is 9.35. The van der Waals surface area contributed by atoms with Crippen LogP contribution in [0.1, 0.15) is 24.5 Å². The molecule has 0 saturated heterocycles. The van der Waals surface area contributed by atoms with E-state index in [2.05, 4.69) is 35.0 Å². The first kappa shape index (κ1) is 12.5. The van der Waals surface area contributed by atoms with Crippen LogP contribution < -0.4 is 10.5 Å². The average molecular weight is 272 g/mol. The summed E-state index contributed by atoms with van der Waals surface area (Å²) in [6.45, 7) is 2.87. The molecule has 1 aromatic rings. The third kappa shape index (κ3) is 3.21. The highest BCUT2D eigenvalue weighted by Crippen LogP contribution is 2.31. The average Bonchev–Trinajstić information content (AvgIpc) is 2.25. The van der Waals surface area contributed by atoms with Gasteiger partial charge in [0, 0.05) is 0 Å². The first-order valence-corrected chi connectivity index (χ1v) is 6.07. The molecule has 0 aliphatic heterocycles. The van der Waals surface area contributed by atoms with Crippen LogP contribution >= 0.6 is 15.9 Å². The van der Waals surface area contributed by atoms with Crippen molar-refractivity contribution in [1.82, 2.24) is 0 Å². The Hall–Kier alpha value is -0.540. The molecule has 2 N–H and O–H groups in total. The summed E-state index contributed by atoms with van der Waals surface area (Å²) >= 11 is 3.53. The van der Waals surface area contributed by atoms with E-state index in [9.17, 15) is 0 Å². The van der Waals surface area contributed by atoms with Gasteiger partial charge in [-0.25, -0.2) is 0 Å². The molecule has 0 spiro atoms. The Morgan fingerprint density at radius 2 is 2.13 bits per heavy atom. The Morgan fingerprint density at radius 1 is 1.40 bits per heavy atom. The van der Waals surface area contributed by atoms with E-state index in [4.69, 9.17) is 10.5 Å². The van der Waals surface area contributed by atoms with Crippen LogP contribution in [-0.2, 0) is 12.8 Å². The number of hydrogen-bond acceptors (Lipinski definition) is 2. The topological polar surface area (TPSA) is 35.2 Å².